The Labute approximate surface area is 351 Å². The van der Waals surface area contributed by atoms with Crippen LogP contribution < -0.4 is 9.80 Å². The molecule has 0 unspecified atom stereocenters. The normalized spacial score (nSPS) is 11.7. The fourth-order valence-corrected chi connectivity index (χ4v) is 10.7. The van der Waals surface area contributed by atoms with Gasteiger partial charge in [0, 0.05) is 48.5 Å². The standard InChI is InChI=1S/C54H35FN2S2/c55-38-32-37(45-23-12-15-36-14-10-11-22-44(36)45)33-43(34-38)56(39-16-4-1-5-17-39)42-26-27-47-49-29-28-46(48-24-13-25-51(54(48)49)58-52(47)35-42)50-30-31-53(59-50)57(40-18-6-2-7-19-40)41-20-8-3-9-21-41/h1-35H. The van der Waals surface area contributed by atoms with Crippen LogP contribution in [0.2, 0.25) is 0 Å². The number of halogens is 1. The van der Waals surface area contributed by atoms with Gasteiger partial charge in [-0.3, -0.25) is 0 Å². The molecule has 0 atom stereocenters. The second-order valence-electron chi connectivity index (χ2n) is 14.7. The molecule has 0 amide bonds. The van der Waals surface area contributed by atoms with Gasteiger partial charge in [0.25, 0.3) is 0 Å². The molecule has 1 aliphatic rings. The average molecular weight is 795 g/mol. The summed E-state index contributed by atoms with van der Waals surface area (Å²) in [5.41, 5.74) is 10.4. The molecule has 2 nitrogen and oxygen atoms in total. The maximum atomic E-state index is 15.8. The Kier molecular flexibility index (Phi) is 8.84. The van der Waals surface area contributed by atoms with E-state index in [2.05, 4.69) is 174 Å². The molecule has 5 heteroatoms. The van der Waals surface area contributed by atoms with Crippen molar-refractivity contribution in [3.63, 3.8) is 0 Å². The molecule has 11 rings (SSSR count). The van der Waals surface area contributed by atoms with Gasteiger partial charge in [0.15, 0.2) is 0 Å². The first kappa shape index (κ1) is 35.3. The fourth-order valence-electron chi connectivity index (χ4n) is 8.48. The summed E-state index contributed by atoms with van der Waals surface area (Å²) in [5.74, 6) is -0.277. The first-order valence-corrected chi connectivity index (χ1v) is 21.3. The van der Waals surface area contributed by atoms with E-state index in [-0.39, 0.29) is 5.82 Å². The molecule has 0 N–H and O–H groups in total. The summed E-state index contributed by atoms with van der Waals surface area (Å²) in [4.78, 5) is 8.12. The van der Waals surface area contributed by atoms with Crippen LogP contribution in [-0.2, 0) is 0 Å². The summed E-state index contributed by atoms with van der Waals surface area (Å²) >= 11 is 3.61. The molecule has 59 heavy (non-hydrogen) atoms. The van der Waals surface area contributed by atoms with Crippen molar-refractivity contribution in [2.45, 2.75) is 9.79 Å². The number of hydrogen-bond acceptors (Lipinski definition) is 4. The molecule has 0 fully saturated rings. The molecule has 0 saturated heterocycles. The number of fused-ring (bicyclic) bond motifs is 3. The van der Waals surface area contributed by atoms with Gasteiger partial charge in [0.1, 0.15) is 10.8 Å². The summed E-state index contributed by atoms with van der Waals surface area (Å²) < 4.78 is 15.8. The van der Waals surface area contributed by atoms with E-state index in [4.69, 9.17) is 0 Å². The topological polar surface area (TPSA) is 6.48 Å². The lowest BCUT2D eigenvalue weighted by Gasteiger charge is -2.28. The fraction of sp³-hybridized carbons (Fsp3) is 0. The van der Waals surface area contributed by atoms with Gasteiger partial charge >= 0.3 is 0 Å². The van der Waals surface area contributed by atoms with E-state index >= 15 is 4.39 Å². The highest BCUT2D eigenvalue weighted by Gasteiger charge is 2.24. The molecular formula is C54H35FN2S2. The Morgan fingerprint density at radius 2 is 1.00 bits per heavy atom. The average Bonchev–Trinajstić information content (AvgIpc) is 3.77. The number of rotatable bonds is 8. The molecule has 0 saturated carbocycles. The Bertz CT molecular complexity index is 3120. The lowest BCUT2D eigenvalue weighted by Crippen LogP contribution is -2.11. The van der Waals surface area contributed by atoms with E-state index in [1.54, 1.807) is 23.9 Å². The van der Waals surface area contributed by atoms with E-state index in [0.717, 1.165) is 55.3 Å². The summed E-state index contributed by atoms with van der Waals surface area (Å²) in [6, 6.07) is 73.7. The molecular weight excluding hydrogens is 760 g/mol. The Morgan fingerprint density at radius 1 is 0.373 bits per heavy atom. The lowest BCUT2D eigenvalue weighted by molar-refractivity contribution is 0.628. The third-order valence-electron chi connectivity index (χ3n) is 11.1. The Balaban J connectivity index is 0.994. The molecule has 280 valence electrons. The quantitative estimate of drug-likeness (QED) is 0.151. The SMILES string of the molecule is Fc1cc(-c2cccc3ccccc23)cc(N(c2ccccc2)c2ccc3c(c2)Sc2cccc4c(-c5ccc(N(c6ccccc6)c6ccccc6)s5)ccc-3c24)c1. The van der Waals surface area contributed by atoms with E-state index in [1.165, 1.54) is 42.1 Å². The molecule has 1 aromatic heterocycles. The van der Waals surface area contributed by atoms with Crippen LogP contribution in [0.15, 0.2) is 222 Å². The summed E-state index contributed by atoms with van der Waals surface area (Å²) in [6.07, 6.45) is 0. The van der Waals surface area contributed by atoms with Crippen LogP contribution in [0.3, 0.4) is 0 Å². The van der Waals surface area contributed by atoms with E-state index in [1.807, 2.05) is 47.7 Å². The minimum Gasteiger partial charge on any atom is -0.310 e. The van der Waals surface area contributed by atoms with Crippen molar-refractivity contribution >= 4 is 78.1 Å². The number of nitrogens with zero attached hydrogens (tertiary/aromatic N) is 2. The number of thiophene rings is 1. The molecule has 0 aliphatic carbocycles. The zero-order valence-corrected chi connectivity index (χ0v) is 33.4. The zero-order chi connectivity index (χ0) is 39.3. The minimum absolute atomic E-state index is 0.277. The third kappa shape index (κ3) is 6.36. The number of hydrogen-bond donors (Lipinski definition) is 0. The van der Waals surface area contributed by atoms with Crippen LogP contribution in [0.5, 0.6) is 0 Å². The van der Waals surface area contributed by atoms with Crippen molar-refractivity contribution < 1.29 is 4.39 Å². The molecule has 2 heterocycles. The van der Waals surface area contributed by atoms with Crippen molar-refractivity contribution in [1.82, 2.24) is 0 Å². The zero-order valence-electron chi connectivity index (χ0n) is 31.8. The van der Waals surface area contributed by atoms with Gasteiger partial charge in [0.2, 0.25) is 0 Å². The second-order valence-corrected chi connectivity index (χ2v) is 16.8. The second kappa shape index (κ2) is 14.8. The maximum Gasteiger partial charge on any atom is 0.125 e. The van der Waals surface area contributed by atoms with Crippen molar-refractivity contribution in [3.8, 4) is 32.7 Å². The van der Waals surface area contributed by atoms with Crippen LogP contribution in [-0.4, -0.2) is 0 Å². The predicted octanol–water partition coefficient (Wildman–Crippen LogP) is 16.6. The largest absolute Gasteiger partial charge is 0.310 e. The number of benzene rings is 9. The highest BCUT2D eigenvalue weighted by Crippen LogP contribution is 2.52. The van der Waals surface area contributed by atoms with Crippen molar-refractivity contribution in [2.75, 3.05) is 9.80 Å². The summed E-state index contributed by atoms with van der Waals surface area (Å²) in [5, 5.41) is 5.91. The third-order valence-corrected chi connectivity index (χ3v) is 13.3. The van der Waals surface area contributed by atoms with Crippen LogP contribution >= 0.6 is 23.1 Å². The summed E-state index contributed by atoms with van der Waals surface area (Å²) in [7, 11) is 0. The van der Waals surface area contributed by atoms with Gasteiger partial charge in [-0.15, -0.1) is 11.3 Å². The smallest absolute Gasteiger partial charge is 0.125 e. The molecule has 9 aromatic carbocycles. The first-order valence-electron chi connectivity index (χ1n) is 19.7. The Hall–Kier alpha value is -6.92. The van der Waals surface area contributed by atoms with Gasteiger partial charge in [-0.2, -0.15) is 0 Å². The van der Waals surface area contributed by atoms with Crippen molar-refractivity contribution in [1.29, 1.82) is 0 Å². The van der Waals surface area contributed by atoms with E-state index in [9.17, 15) is 0 Å². The van der Waals surface area contributed by atoms with E-state index in [0.29, 0.717) is 0 Å². The summed E-state index contributed by atoms with van der Waals surface area (Å²) in [6.45, 7) is 0. The lowest BCUT2D eigenvalue weighted by atomic mass is 9.93. The van der Waals surface area contributed by atoms with Crippen molar-refractivity contribution in [3.05, 3.63) is 218 Å². The van der Waals surface area contributed by atoms with Crippen LogP contribution in [0.1, 0.15) is 0 Å². The van der Waals surface area contributed by atoms with Gasteiger partial charge < -0.3 is 9.80 Å². The predicted molar refractivity (Wildman–Crippen MR) is 249 cm³/mol. The monoisotopic (exact) mass is 794 g/mol. The minimum atomic E-state index is -0.277. The van der Waals surface area contributed by atoms with E-state index < -0.39 is 0 Å². The maximum absolute atomic E-state index is 15.8. The van der Waals surface area contributed by atoms with Gasteiger partial charge in [0.05, 0.1) is 0 Å². The molecule has 0 radical (unpaired) electrons. The highest BCUT2D eigenvalue weighted by atomic mass is 32.2. The van der Waals surface area contributed by atoms with Crippen LogP contribution in [0.4, 0.5) is 37.8 Å². The van der Waals surface area contributed by atoms with Crippen molar-refractivity contribution in [2.24, 2.45) is 0 Å². The van der Waals surface area contributed by atoms with Gasteiger partial charge in [-0.05, 0) is 129 Å². The number of anilines is 6. The van der Waals surface area contributed by atoms with Crippen LogP contribution in [0, 0.1) is 5.82 Å². The molecule has 0 bridgehead atoms. The highest BCUT2D eigenvalue weighted by molar-refractivity contribution is 7.99. The van der Waals surface area contributed by atoms with Crippen LogP contribution in [0.25, 0.3) is 54.2 Å². The Morgan fingerprint density at radius 3 is 1.76 bits per heavy atom. The van der Waals surface area contributed by atoms with Gasteiger partial charge in [-0.25, -0.2) is 4.39 Å². The van der Waals surface area contributed by atoms with Gasteiger partial charge in [-0.1, -0.05) is 139 Å². The molecule has 0 spiro atoms. The number of para-hydroxylation sites is 3. The molecule has 10 aromatic rings. The molecule has 1 aliphatic heterocycles. The first-order chi connectivity index (χ1) is 29.2.